The van der Waals surface area contributed by atoms with Crippen LogP contribution in [0, 0.1) is 10.1 Å². The van der Waals surface area contributed by atoms with Gasteiger partial charge in [0.2, 0.25) is 11.6 Å². The molecule has 2 rings (SSSR count). The molecule has 1 aromatic carbocycles. The number of rotatable bonds is 4. The molecule has 20 heavy (non-hydrogen) atoms. The van der Waals surface area contributed by atoms with E-state index in [0.717, 1.165) is 0 Å². The Kier molecular flexibility index (Phi) is 4.31. The zero-order chi connectivity index (χ0) is 14.7. The maximum Gasteiger partial charge on any atom is 0.312 e. The van der Waals surface area contributed by atoms with Gasteiger partial charge in [-0.15, -0.1) is 0 Å². The molecule has 0 saturated carbocycles. The van der Waals surface area contributed by atoms with E-state index in [0.29, 0.717) is 10.0 Å². The van der Waals surface area contributed by atoms with Gasteiger partial charge in [-0.3, -0.25) is 10.1 Å². The average molecular weight is 339 g/mol. The van der Waals surface area contributed by atoms with Gasteiger partial charge < -0.3 is 9.84 Å². The molecular weight excluding hydrogens is 328 g/mol. The van der Waals surface area contributed by atoms with Gasteiger partial charge in [-0.25, -0.2) is 4.98 Å². The maximum atomic E-state index is 11.0. The Morgan fingerprint density at radius 2 is 2.15 bits per heavy atom. The first kappa shape index (κ1) is 14.4. The van der Waals surface area contributed by atoms with Crippen LogP contribution in [0.4, 0.5) is 5.69 Å². The van der Waals surface area contributed by atoms with Crippen LogP contribution in [0.25, 0.3) is 0 Å². The molecule has 104 valence electrons. The van der Waals surface area contributed by atoms with Crippen LogP contribution in [-0.4, -0.2) is 15.0 Å². The molecule has 1 unspecified atom stereocenters. The van der Waals surface area contributed by atoms with Gasteiger partial charge in [-0.2, -0.15) is 0 Å². The van der Waals surface area contributed by atoms with Crippen molar-refractivity contribution in [3.63, 3.8) is 0 Å². The second-order valence-electron chi connectivity index (χ2n) is 4.05. The lowest BCUT2D eigenvalue weighted by Gasteiger charge is -2.08. The predicted molar refractivity (Wildman–Crippen MR) is 75.7 cm³/mol. The van der Waals surface area contributed by atoms with Crippen LogP contribution >= 0.6 is 15.9 Å². The Bertz CT molecular complexity index is 629. The third kappa shape index (κ3) is 3.12. The number of hydrogen-bond donors (Lipinski definition) is 1. The van der Waals surface area contributed by atoms with Gasteiger partial charge in [0, 0.05) is 18.3 Å². The highest BCUT2D eigenvalue weighted by molar-refractivity contribution is 9.10. The number of aromatic nitrogens is 1. The minimum atomic E-state index is -0.630. The zero-order valence-corrected chi connectivity index (χ0v) is 12.1. The van der Waals surface area contributed by atoms with E-state index >= 15 is 0 Å². The van der Waals surface area contributed by atoms with Crippen LogP contribution in [0.5, 0.6) is 11.6 Å². The summed E-state index contributed by atoms with van der Waals surface area (Å²) < 4.78 is 5.92. The van der Waals surface area contributed by atoms with Gasteiger partial charge in [-0.05, 0) is 40.5 Å². The van der Waals surface area contributed by atoms with Crippen molar-refractivity contribution in [2.24, 2.45) is 0 Å². The first-order chi connectivity index (χ1) is 9.49. The number of nitro benzene ring substituents is 1. The summed E-state index contributed by atoms with van der Waals surface area (Å²) in [4.78, 5) is 14.4. The molecule has 0 amide bonds. The van der Waals surface area contributed by atoms with Crippen LogP contribution in [0.2, 0.25) is 0 Å². The third-order valence-corrected chi connectivity index (χ3v) is 3.22. The fraction of sp³-hybridized carbons (Fsp3) is 0.154. The number of para-hydroxylation sites is 1. The molecule has 7 heteroatoms. The van der Waals surface area contributed by atoms with Crippen LogP contribution in [0.3, 0.4) is 0 Å². The lowest BCUT2D eigenvalue weighted by Crippen LogP contribution is -1.97. The van der Waals surface area contributed by atoms with Crippen LogP contribution in [0.15, 0.2) is 41.0 Å². The number of nitro groups is 1. The summed E-state index contributed by atoms with van der Waals surface area (Å²) in [5.74, 6) is 0.305. The summed E-state index contributed by atoms with van der Waals surface area (Å²) in [6, 6.07) is 7.75. The van der Waals surface area contributed by atoms with Gasteiger partial charge in [0.15, 0.2) is 0 Å². The molecule has 6 nitrogen and oxygen atoms in total. The summed E-state index contributed by atoms with van der Waals surface area (Å²) in [5.41, 5.74) is 0.486. The quantitative estimate of drug-likeness (QED) is 0.679. The molecular formula is C13H11BrN2O4. The topological polar surface area (TPSA) is 85.5 Å². The first-order valence-electron chi connectivity index (χ1n) is 5.74. The second kappa shape index (κ2) is 5.98. The number of aliphatic hydroxyl groups is 1. The van der Waals surface area contributed by atoms with Crippen molar-refractivity contribution in [2.75, 3.05) is 0 Å². The molecule has 0 spiro atoms. The third-order valence-electron chi connectivity index (χ3n) is 2.59. The lowest BCUT2D eigenvalue weighted by atomic mass is 10.2. The lowest BCUT2D eigenvalue weighted by molar-refractivity contribution is -0.385. The molecule has 0 bridgehead atoms. The average Bonchev–Trinajstić information content (AvgIpc) is 2.41. The van der Waals surface area contributed by atoms with Crippen molar-refractivity contribution in [3.8, 4) is 11.6 Å². The highest BCUT2D eigenvalue weighted by atomic mass is 79.9. The SMILES string of the molecule is CC(O)c1ccc(Oc2c(Br)cccc2[N+](=O)[O-])nc1. The number of pyridine rings is 1. The number of aliphatic hydroxyl groups excluding tert-OH is 1. The fourth-order valence-electron chi connectivity index (χ4n) is 1.55. The molecule has 1 heterocycles. The van der Waals surface area contributed by atoms with Crippen LogP contribution in [0.1, 0.15) is 18.6 Å². The van der Waals surface area contributed by atoms with Crippen molar-refractivity contribution in [1.82, 2.24) is 4.98 Å². The summed E-state index contributed by atoms with van der Waals surface area (Å²) in [5, 5.41) is 20.3. The molecule has 2 aromatic rings. The number of benzene rings is 1. The van der Waals surface area contributed by atoms with E-state index in [-0.39, 0.29) is 17.3 Å². The van der Waals surface area contributed by atoms with Gasteiger partial charge in [-0.1, -0.05) is 6.07 Å². The smallest absolute Gasteiger partial charge is 0.312 e. The number of halogens is 1. The molecule has 0 saturated heterocycles. The Balaban J connectivity index is 2.32. The minimum Gasteiger partial charge on any atom is -0.431 e. The van der Waals surface area contributed by atoms with E-state index in [9.17, 15) is 15.2 Å². The van der Waals surface area contributed by atoms with Crippen LogP contribution < -0.4 is 4.74 Å². The van der Waals surface area contributed by atoms with Crippen molar-refractivity contribution >= 4 is 21.6 Å². The summed E-state index contributed by atoms with van der Waals surface area (Å²) in [6.45, 7) is 1.62. The Hall–Kier alpha value is -1.99. The number of hydrogen-bond acceptors (Lipinski definition) is 5. The largest absolute Gasteiger partial charge is 0.431 e. The highest BCUT2D eigenvalue weighted by Crippen LogP contribution is 2.37. The Morgan fingerprint density at radius 3 is 2.70 bits per heavy atom. The molecule has 1 atom stereocenters. The standard InChI is InChI=1S/C13H11BrN2O4/c1-8(17)9-5-6-12(15-7-9)20-13-10(14)3-2-4-11(13)16(18)19/h2-8,17H,1H3. The minimum absolute atomic E-state index is 0.0924. The monoisotopic (exact) mass is 338 g/mol. The molecule has 1 N–H and O–H groups in total. The van der Waals surface area contributed by atoms with E-state index in [2.05, 4.69) is 20.9 Å². The normalized spacial score (nSPS) is 11.9. The molecule has 0 aliphatic rings. The van der Waals surface area contributed by atoms with E-state index in [1.807, 2.05) is 0 Å². The predicted octanol–water partition coefficient (Wildman–Crippen LogP) is 3.60. The number of nitrogens with zero attached hydrogens (tertiary/aromatic N) is 2. The first-order valence-corrected chi connectivity index (χ1v) is 6.53. The van der Waals surface area contributed by atoms with Gasteiger partial charge in [0.05, 0.1) is 15.5 Å². The van der Waals surface area contributed by atoms with Crippen molar-refractivity contribution in [2.45, 2.75) is 13.0 Å². The van der Waals surface area contributed by atoms with Gasteiger partial charge in [0.1, 0.15) is 0 Å². The van der Waals surface area contributed by atoms with E-state index in [4.69, 9.17) is 4.74 Å². The zero-order valence-electron chi connectivity index (χ0n) is 10.5. The molecule has 0 aliphatic carbocycles. The second-order valence-corrected chi connectivity index (χ2v) is 4.91. The van der Waals surface area contributed by atoms with Crippen molar-refractivity contribution in [1.29, 1.82) is 0 Å². The highest BCUT2D eigenvalue weighted by Gasteiger charge is 2.19. The van der Waals surface area contributed by atoms with Crippen molar-refractivity contribution < 1.29 is 14.8 Å². The molecule has 0 fully saturated rings. The summed E-state index contributed by atoms with van der Waals surface area (Å²) in [7, 11) is 0. The fourth-order valence-corrected chi connectivity index (χ4v) is 1.98. The van der Waals surface area contributed by atoms with Crippen molar-refractivity contribution in [3.05, 3.63) is 56.7 Å². The molecule has 0 aliphatic heterocycles. The van der Waals surface area contributed by atoms with Gasteiger partial charge >= 0.3 is 5.69 Å². The summed E-state index contributed by atoms with van der Waals surface area (Å²) >= 11 is 3.21. The summed E-state index contributed by atoms with van der Waals surface area (Å²) in [6.07, 6.45) is 0.831. The van der Waals surface area contributed by atoms with Crippen LogP contribution in [-0.2, 0) is 0 Å². The maximum absolute atomic E-state index is 11.0. The molecule has 1 aromatic heterocycles. The van der Waals surface area contributed by atoms with Gasteiger partial charge in [0.25, 0.3) is 0 Å². The number of ether oxygens (including phenoxy) is 1. The molecule has 0 radical (unpaired) electrons. The van der Waals surface area contributed by atoms with E-state index in [1.54, 1.807) is 31.2 Å². The van der Waals surface area contributed by atoms with E-state index in [1.165, 1.54) is 12.3 Å². The Morgan fingerprint density at radius 1 is 1.40 bits per heavy atom. The van der Waals surface area contributed by atoms with E-state index < -0.39 is 11.0 Å². The Labute approximate surface area is 123 Å².